The monoisotopic (exact) mass is 211 g/mol. The molecule has 76 valence electrons. The highest BCUT2D eigenvalue weighted by atomic mass is 35.5. The summed E-state index contributed by atoms with van der Waals surface area (Å²) in [5.41, 5.74) is 0.942. The van der Waals surface area contributed by atoms with Gasteiger partial charge in [-0.3, -0.25) is 0 Å². The SMILES string of the molecule is Oc1ccc(Cl)cc1CC1CCCN1. The molecule has 1 unspecified atom stereocenters. The highest BCUT2D eigenvalue weighted by molar-refractivity contribution is 6.30. The molecule has 1 aromatic rings. The molecule has 2 nitrogen and oxygen atoms in total. The van der Waals surface area contributed by atoms with Gasteiger partial charge in [0.15, 0.2) is 0 Å². The van der Waals surface area contributed by atoms with Crippen LogP contribution in [0.1, 0.15) is 18.4 Å². The van der Waals surface area contributed by atoms with Crippen molar-refractivity contribution in [3.8, 4) is 5.75 Å². The van der Waals surface area contributed by atoms with Crippen LogP contribution < -0.4 is 5.32 Å². The molecule has 1 aliphatic rings. The van der Waals surface area contributed by atoms with E-state index >= 15 is 0 Å². The molecular weight excluding hydrogens is 198 g/mol. The number of halogens is 1. The fourth-order valence-electron chi connectivity index (χ4n) is 1.91. The Kier molecular flexibility index (Phi) is 2.94. The average Bonchev–Trinajstić information content (AvgIpc) is 2.64. The van der Waals surface area contributed by atoms with Gasteiger partial charge in [0.1, 0.15) is 5.75 Å². The number of aromatic hydroxyl groups is 1. The zero-order valence-electron chi connectivity index (χ0n) is 7.96. The average molecular weight is 212 g/mol. The molecule has 1 aliphatic heterocycles. The molecule has 0 aliphatic carbocycles. The van der Waals surface area contributed by atoms with Crippen LogP contribution in [0.2, 0.25) is 5.02 Å². The third-order valence-electron chi connectivity index (χ3n) is 2.67. The van der Waals surface area contributed by atoms with Crippen molar-refractivity contribution in [1.29, 1.82) is 0 Å². The van der Waals surface area contributed by atoms with Crippen LogP contribution in [0.25, 0.3) is 0 Å². The smallest absolute Gasteiger partial charge is 0.118 e. The number of rotatable bonds is 2. The minimum atomic E-state index is 0.350. The van der Waals surface area contributed by atoms with Crippen LogP contribution in [0.3, 0.4) is 0 Å². The lowest BCUT2D eigenvalue weighted by Crippen LogP contribution is -2.23. The molecule has 0 aromatic heterocycles. The first kappa shape index (κ1) is 9.81. The largest absolute Gasteiger partial charge is 0.508 e. The second kappa shape index (κ2) is 4.20. The van der Waals surface area contributed by atoms with Gasteiger partial charge in [0.25, 0.3) is 0 Å². The molecule has 1 fully saturated rings. The summed E-state index contributed by atoms with van der Waals surface area (Å²) in [6, 6.07) is 5.71. The molecular formula is C11H14ClNO. The molecule has 1 aromatic carbocycles. The quantitative estimate of drug-likeness (QED) is 0.787. The third kappa shape index (κ3) is 2.20. The fourth-order valence-corrected chi connectivity index (χ4v) is 2.11. The summed E-state index contributed by atoms with van der Waals surface area (Å²) in [4.78, 5) is 0. The first-order valence-corrected chi connectivity index (χ1v) is 5.34. The van der Waals surface area contributed by atoms with E-state index in [1.807, 2.05) is 6.07 Å². The molecule has 2 rings (SSSR count). The van der Waals surface area contributed by atoms with E-state index in [2.05, 4.69) is 5.32 Å². The Morgan fingerprint density at radius 2 is 2.36 bits per heavy atom. The predicted octanol–water partition coefficient (Wildman–Crippen LogP) is 2.34. The van der Waals surface area contributed by atoms with Crippen molar-refractivity contribution in [2.24, 2.45) is 0 Å². The van der Waals surface area contributed by atoms with Crippen molar-refractivity contribution < 1.29 is 5.11 Å². The van der Waals surface area contributed by atoms with Crippen molar-refractivity contribution in [1.82, 2.24) is 5.32 Å². The van der Waals surface area contributed by atoms with Gasteiger partial charge in [0, 0.05) is 11.1 Å². The topological polar surface area (TPSA) is 32.3 Å². The molecule has 3 heteroatoms. The molecule has 0 amide bonds. The second-order valence-electron chi connectivity index (χ2n) is 3.77. The van der Waals surface area contributed by atoms with Crippen molar-refractivity contribution >= 4 is 11.6 Å². The summed E-state index contributed by atoms with van der Waals surface area (Å²) in [6.45, 7) is 1.09. The molecule has 0 saturated carbocycles. The van der Waals surface area contributed by atoms with E-state index in [0.29, 0.717) is 16.8 Å². The third-order valence-corrected chi connectivity index (χ3v) is 2.91. The standard InChI is InChI=1S/C11H14ClNO/c12-9-3-4-11(14)8(6-9)7-10-2-1-5-13-10/h3-4,6,10,13-14H,1-2,5,7H2. The van der Waals surface area contributed by atoms with Crippen molar-refractivity contribution in [3.05, 3.63) is 28.8 Å². The minimum Gasteiger partial charge on any atom is -0.508 e. The van der Waals surface area contributed by atoms with Crippen molar-refractivity contribution in [2.75, 3.05) is 6.54 Å². The Bertz CT molecular complexity index is 321. The molecule has 0 spiro atoms. The zero-order valence-corrected chi connectivity index (χ0v) is 8.72. The van der Waals surface area contributed by atoms with Crippen LogP contribution in [-0.4, -0.2) is 17.7 Å². The lowest BCUT2D eigenvalue weighted by atomic mass is 10.0. The summed E-state index contributed by atoms with van der Waals surface area (Å²) >= 11 is 5.87. The van der Waals surface area contributed by atoms with E-state index in [-0.39, 0.29) is 0 Å². The molecule has 1 atom stereocenters. The zero-order chi connectivity index (χ0) is 9.97. The van der Waals surface area contributed by atoms with Gasteiger partial charge in [-0.05, 0) is 49.6 Å². The number of benzene rings is 1. The summed E-state index contributed by atoms with van der Waals surface area (Å²) in [5, 5.41) is 13.7. The minimum absolute atomic E-state index is 0.350. The number of nitrogens with one attached hydrogen (secondary N) is 1. The molecule has 2 N–H and O–H groups in total. The van der Waals surface area contributed by atoms with Crippen LogP contribution in [0.15, 0.2) is 18.2 Å². The van der Waals surface area contributed by atoms with Gasteiger partial charge in [-0.1, -0.05) is 11.6 Å². The maximum Gasteiger partial charge on any atom is 0.118 e. The summed E-state index contributed by atoms with van der Waals surface area (Å²) in [5.74, 6) is 0.350. The van der Waals surface area contributed by atoms with Crippen molar-refractivity contribution in [2.45, 2.75) is 25.3 Å². The highest BCUT2D eigenvalue weighted by Crippen LogP contribution is 2.24. The van der Waals surface area contributed by atoms with Crippen LogP contribution in [0.5, 0.6) is 5.75 Å². The van der Waals surface area contributed by atoms with E-state index < -0.39 is 0 Å². The Labute approximate surface area is 88.9 Å². The van der Waals surface area contributed by atoms with Crippen LogP contribution in [0, 0.1) is 0 Å². The maximum absolute atomic E-state index is 9.61. The summed E-state index contributed by atoms with van der Waals surface area (Å²) in [6.07, 6.45) is 3.28. The van der Waals surface area contributed by atoms with E-state index in [1.54, 1.807) is 12.1 Å². The first-order valence-electron chi connectivity index (χ1n) is 4.96. The molecule has 0 bridgehead atoms. The highest BCUT2D eigenvalue weighted by Gasteiger charge is 2.16. The summed E-state index contributed by atoms with van der Waals surface area (Å²) < 4.78 is 0. The van der Waals surface area contributed by atoms with Gasteiger partial charge in [0.05, 0.1) is 0 Å². The Balaban J connectivity index is 2.10. The van der Waals surface area contributed by atoms with Gasteiger partial charge < -0.3 is 10.4 Å². The number of hydrogen-bond donors (Lipinski definition) is 2. The normalized spacial score (nSPS) is 21.4. The lowest BCUT2D eigenvalue weighted by molar-refractivity contribution is 0.462. The Morgan fingerprint density at radius 1 is 1.50 bits per heavy atom. The van der Waals surface area contributed by atoms with Crippen LogP contribution >= 0.6 is 11.6 Å². The predicted molar refractivity (Wildman–Crippen MR) is 57.8 cm³/mol. The Hall–Kier alpha value is -0.730. The maximum atomic E-state index is 9.61. The van der Waals surface area contributed by atoms with Crippen LogP contribution in [-0.2, 0) is 6.42 Å². The van der Waals surface area contributed by atoms with Gasteiger partial charge in [-0.2, -0.15) is 0 Å². The van der Waals surface area contributed by atoms with Gasteiger partial charge in [0.2, 0.25) is 0 Å². The second-order valence-corrected chi connectivity index (χ2v) is 4.21. The molecule has 14 heavy (non-hydrogen) atoms. The molecule has 1 saturated heterocycles. The molecule has 1 heterocycles. The summed E-state index contributed by atoms with van der Waals surface area (Å²) in [7, 11) is 0. The van der Waals surface area contributed by atoms with Gasteiger partial charge >= 0.3 is 0 Å². The number of hydrogen-bond acceptors (Lipinski definition) is 2. The van der Waals surface area contributed by atoms with E-state index in [1.165, 1.54) is 12.8 Å². The van der Waals surface area contributed by atoms with E-state index in [9.17, 15) is 5.11 Å². The van der Waals surface area contributed by atoms with Gasteiger partial charge in [-0.15, -0.1) is 0 Å². The molecule has 0 radical (unpaired) electrons. The lowest BCUT2D eigenvalue weighted by Gasteiger charge is -2.11. The first-order chi connectivity index (χ1) is 6.75. The van der Waals surface area contributed by atoms with Crippen molar-refractivity contribution in [3.63, 3.8) is 0 Å². The Morgan fingerprint density at radius 3 is 3.07 bits per heavy atom. The van der Waals surface area contributed by atoms with Crippen LogP contribution in [0.4, 0.5) is 0 Å². The van der Waals surface area contributed by atoms with Gasteiger partial charge in [-0.25, -0.2) is 0 Å². The number of phenols is 1. The fraction of sp³-hybridized carbons (Fsp3) is 0.455. The van der Waals surface area contributed by atoms with E-state index in [0.717, 1.165) is 18.5 Å². The number of phenolic OH excluding ortho intramolecular Hbond substituents is 1. The van der Waals surface area contributed by atoms with E-state index in [4.69, 9.17) is 11.6 Å².